The van der Waals surface area contributed by atoms with Gasteiger partial charge in [0.2, 0.25) is 0 Å². The number of nitriles is 1. The van der Waals surface area contributed by atoms with Crippen LogP contribution in [0, 0.1) is 23.0 Å². The quantitative estimate of drug-likeness (QED) is 0.806. The number of benzene rings is 1. The number of hydrogen-bond donors (Lipinski definition) is 0. The molecule has 0 aliphatic rings. The Morgan fingerprint density at radius 2 is 2.00 bits per heavy atom. The second-order valence-corrected chi connectivity index (χ2v) is 4.79. The lowest BCUT2D eigenvalue weighted by Gasteiger charge is -2.06. The van der Waals surface area contributed by atoms with E-state index in [1.165, 1.54) is 6.07 Å². The predicted octanol–water partition coefficient (Wildman–Crippen LogP) is 1.27. The number of halogens is 2. The van der Waals surface area contributed by atoms with Crippen molar-refractivity contribution < 1.29 is 21.9 Å². The van der Waals surface area contributed by atoms with Gasteiger partial charge in [0.05, 0.1) is 13.2 Å². The molecule has 16 heavy (non-hydrogen) atoms. The SMILES string of the molecule is COc1cc(F)c(S(=O)(=O)CC#N)cc1F. The Labute approximate surface area is 91.0 Å². The highest BCUT2D eigenvalue weighted by molar-refractivity contribution is 7.91. The van der Waals surface area contributed by atoms with E-state index >= 15 is 0 Å². The predicted molar refractivity (Wildman–Crippen MR) is 50.6 cm³/mol. The molecule has 0 saturated heterocycles. The van der Waals surface area contributed by atoms with Crippen molar-refractivity contribution in [3.05, 3.63) is 23.8 Å². The summed E-state index contributed by atoms with van der Waals surface area (Å²) >= 11 is 0. The number of rotatable bonds is 3. The van der Waals surface area contributed by atoms with E-state index in [9.17, 15) is 17.2 Å². The maximum absolute atomic E-state index is 13.3. The van der Waals surface area contributed by atoms with Crippen LogP contribution in [0.1, 0.15) is 0 Å². The first-order chi connectivity index (χ1) is 7.42. The van der Waals surface area contributed by atoms with E-state index in [-0.39, 0.29) is 0 Å². The lowest BCUT2D eigenvalue weighted by atomic mass is 10.3. The monoisotopic (exact) mass is 247 g/mol. The van der Waals surface area contributed by atoms with Gasteiger partial charge in [-0.05, 0) is 6.07 Å². The minimum absolute atomic E-state index is 0.395. The minimum atomic E-state index is -4.12. The smallest absolute Gasteiger partial charge is 0.194 e. The second kappa shape index (κ2) is 4.45. The van der Waals surface area contributed by atoms with E-state index in [2.05, 4.69) is 4.74 Å². The Balaban J connectivity index is 3.39. The molecule has 0 heterocycles. The van der Waals surface area contributed by atoms with Crippen molar-refractivity contribution in [2.75, 3.05) is 12.9 Å². The van der Waals surface area contributed by atoms with Crippen LogP contribution in [0.25, 0.3) is 0 Å². The molecule has 0 unspecified atom stereocenters. The zero-order valence-electron chi connectivity index (χ0n) is 8.20. The summed E-state index contributed by atoms with van der Waals surface area (Å²) in [6, 6.07) is 2.50. The molecule has 1 aromatic carbocycles. The first-order valence-electron chi connectivity index (χ1n) is 4.05. The third kappa shape index (κ3) is 2.28. The number of sulfone groups is 1. The van der Waals surface area contributed by atoms with Gasteiger partial charge < -0.3 is 4.74 Å². The van der Waals surface area contributed by atoms with Crippen LogP contribution in [0.5, 0.6) is 5.75 Å². The van der Waals surface area contributed by atoms with Gasteiger partial charge in [0.15, 0.2) is 21.4 Å². The molecule has 1 rings (SSSR count). The Morgan fingerprint density at radius 1 is 1.38 bits per heavy atom. The van der Waals surface area contributed by atoms with Crippen LogP contribution in [0.4, 0.5) is 8.78 Å². The molecular weight excluding hydrogens is 240 g/mol. The molecule has 0 aliphatic carbocycles. The fourth-order valence-electron chi connectivity index (χ4n) is 1.07. The highest BCUT2D eigenvalue weighted by Gasteiger charge is 2.22. The molecule has 4 nitrogen and oxygen atoms in total. The average molecular weight is 247 g/mol. The molecule has 86 valence electrons. The van der Waals surface area contributed by atoms with E-state index in [0.717, 1.165) is 7.11 Å². The summed E-state index contributed by atoms with van der Waals surface area (Å²) in [6.45, 7) is 0. The molecule has 0 saturated carbocycles. The normalized spacial score (nSPS) is 10.9. The number of nitrogens with zero attached hydrogens (tertiary/aromatic N) is 1. The summed E-state index contributed by atoms with van der Waals surface area (Å²) in [7, 11) is -2.99. The van der Waals surface area contributed by atoms with Crippen LogP contribution < -0.4 is 4.74 Å². The van der Waals surface area contributed by atoms with Gasteiger partial charge in [-0.3, -0.25) is 0 Å². The Hall–Kier alpha value is -1.68. The van der Waals surface area contributed by atoms with Crippen LogP contribution in [-0.4, -0.2) is 21.3 Å². The molecule has 1 aromatic rings. The van der Waals surface area contributed by atoms with E-state index in [1.807, 2.05) is 0 Å². The van der Waals surface area contributed by atoms with Gasteiger partial charge in [0.25, 0.3) is 0 Å². The van der Waals surface area contributed by atoms with Crippen molar-refractivity contribution in [1.82, 2.24) is 0 Å². The first-order valence-corrected chi connectivity index (χ1v) is 5.70. The van der Waals surface area contributed by atoms with E-state index in [4.69, 9.17) is 5.26 Å². The summed E-state index contributed by atoms with van der Waals surface area (Å²) in [6.07, 6.45) is 0. The standard InChI is InChI=1S/C9H7F2NO3S/c1-15-8-4-7(11)9(5-6(8)10)16(13,14)3-2-12/h4-5H,3H2,1H3. The van der Waals surface area contributed by atoms with E-state index in [0.29, 0.717) is 12.1 Å². The highest BCUT2D eigenvalue weighted by atomic mass is 32.2. The second-order valence-electron chi connectivity index (χ2n) is 2.83. The molecule has 0 atom stereocenters. The maximum atomic E-state index is 13.3. The van der Waals surface area contributed by atoms with Crippen molar-refractivity contribution in [3.8, 4) is 11.8 Å². The summed E-state index contributed by atoms with van der Waals surface area (Å²) in [5, 5.41) is 8.25. The molecule has 7 heteroatoms. The summed E-state index contributed by atoms with van der Waals surface area (Å²) in [5.74, 6) is -3.45. The minimum Gasteiger partial charge on any atom is -0.494 e. The molecule has 0 bridgehead atoms. The Morgan fingerprint density at radius 3 is 2.50 bits per heavy atom. The zero-order valence-corrected chi connectivity index (χ0v) is 9.01. The van der Waals surface area contributed by atoms with Crippen LogP contribution in [0.15, 0.2) is 17.0 Å². The van der Waals surface area contributed by atoms with Crippen LogP contribution in [0.3, 0.4) is 0 Å². The van der Waals surface area contributed by atoms with Gasteiger partial charge in [0.1, 0.15) is 16.5 Å². The number of ether oxygens (including phenoxy) is 1. The van der Waals surface area contributed by atoms with Gasteiger partial charge in [-0.2, -0.15) is 5.26 Å². The molecule has 0 fully saturated rings. The lowest BCUT2D eigenvalue weighted by Crippen LogP contribution is -2.08. The van der Waals surface area contributed by atoms with Crippen LogP contribution in [0.2, 0.25) is 0 Å². The molecule has 0 spiro atoms. The van der Waals surface area contributed by atoms with Gasteiger partial charge in [-0.25, -0.2) is 17.2 Å². The van der Waals surface area contributed by atoms with Crippen LogP contribution >= 0.6 is 0 Å². The van der Waals surface area contributed by atoms with Gasteiger partial charge in [-0.15, -0.1) is 0 Å². The van der Waals surface area contributed by atoms with Crippen molar-refractivity contribution >= 4 is 9.84 Å². The molecule has 0 amide bonds. The molecule has 0 radical (unpaired) electrons. The number of methoxy groups -OCH3 is 1. The van der Waals surface area contributed by atoms with E-state index in [1.54, 1.807) is 0 Å². The summed E-state index contributed by atoms with van der Waals surface area (Å²) in [4.78, 5) is -0.840. The zero-order chi connectivity index (χ0) is 12.3. The molecule has 0 N–H and O–H groups in total. The third-order valence-corrected chi connectivity index (χ3v) is 3.29. The Bertz CT molecular complexity index is 549. The fraction of sp³-hybridized carbons (Fsp3) is 0.222. The van der Waals surface area contributed by atoms with Crippen LogP contribution in [-0.2, 0) is 9.84 Å². The van der Waals surface area contributed by atoms with Gasteiger partial charge in [-0.1, -0.05) is 0 Å². The Kier molecular flexibility index (Phi) is 3.44. The van der Waals surface area contributed by atoms with Crippen molar-refractivity contribution in [2.45, 2.75) is 4.90 Å². The third-order valence-electron chi connectivity index (χ3n) is 1.80. The van der Waals surface area contributed by atoms with Crippen molar-refractivity contribution in [2.24, 2.45) is 0 Å². The fourth-order valence-corrected chi connectivity index (χ4v) is 2.03. The van der Waals surface area contributed by atoms with Crippen molar-refractivity contribution in [1.29, 1.82) is 5.26 Å². The summed E-state index contributed by atoms with van der Waals surface area (Å²) in [5.41, 5.74) is 0. The van der Waals surface area contributed by atoms with Gasteiger partial charge >= 0.3 is 0 Å². The maximum Gasteiger partial charge on any atom is 0.194 e. The number of hydrogen-bond acceptors (Lipinski definition) is 4. The van der Waals surface area contributed by atoms with E-state index < -0.39 is 37.9 Å². The van der Waals surface area contributed by atoms with Gasteiger partial charge in [0, 0.05) is 6.07 Å². The first kappa shape index (κ1) is 12.4. The average Bonchev–Trinajstić information content (AvgIpc) is 2.20. The van der Waals surface area contributed by atoms with Crippen molar-refractivity contribution in [3.63, 3.8) is 0 Å². The largest absolute Gasteiger partial charge is 0.494 e. The molecule has 0 aliphatic heterocycles. The lowest BCUT2D eigenvalue weighted by molar-refractivity contribution is 0.380. The topological polar surface area (TPSA) is 67.2 Å². The highest BCUT2D eigenvalue weighted by Crippen LogP contribution is 2.24. The molecular formula is C9H7F2NO3S. The molecule has 0 aromatic heterocycles. The summed E-state index contributed by atoms with van der Waals surface area (Å²) < 4.78 is 53.6.